The highest BCUT2D eigenvalue weighted by molar-refractivity contribution is 7.89. The minimum absolute atomic E-state index is 0.0697. The number of carbonyl (C=O) groups is 1. The van der Waals surface area contributed by atoms with Crippen LogP contribution in [-0.4, -0.2) is 49.9 Å². The van der Waals surface area contributed by atoms with E-state index in [-0.39, 0.29) is 15.6 Å². The summed E-state index contributed by atoms with van der Waals surface area (Å²) >= 11 is 6.10. The van der Waals surface area contributed by atoms with Crippen molar-refractivity contribution in [3.05, 3.63) is 53.3 Å². The number of benzene rings is 1. The summed E-state index contributed by atoms with van der Waals surface area (Å²) in [6, 6.07) is 7.47. The molecule has 0 unspecified atom stereocenters. The monoisotopic (exact) mass is 381 g/mol. The van der Waals surface area contributed by atoms with Gasteiger partial charge in [0.25, 0.3) is 5.91 Å². The Labute approximate surface area is 150 Å². The Balaban J connectivity index is 1.86. The lowest BCUT2D eigenvalue weighted by atomic mass is 10.2. The number of aromatic nitrogens is 1. The summed E-state index contributed by atoms with van der Waals surface area (Å²) in [6.45, 7) is 1.31. The fraction of sp³-hybridized carbons (Fsp3) is 0.250. The molecule has 7 nitrogen and oxygen atoms in total. The third kappa shape index (κ3) is 3.98. The molecule has 0 aliphatic carbocycles. The first-order valence-electron chi connectivity index (χ1n) is 7.57. The molecule has 9 heteroatoms. The second-order valence-electron chi connectivity index (χ2n) is 5.35. The largest absolute Gasteiger partial charge is 0.379 e. The molecule has 1 aromatic heterocycles. The first-order valence-corrected chi connectivity index (χ1v) is 9.39. The van der Waals surface area contributed by atoms with Crippen LogP contribution in [0.4, 0.5) is 5.69 Å². The maximum atomic E-state index is 12.7. The Morgan fingerprint density at radius 1 is 1.24 bits per heavy atom. The number of ether oxygens (including phenoxy) is 1. The Bertz CT molecular complexity index is 868. The van der Waals surface area contributed by atoms with Crippen LogP contribution in [0.15, 0.2) is 47.6 Å². The van der Waals surface area contributed by atoms with Crippen LogP contribution >= 0.6 is 11.6 Å². The maximum Gasteiger partial charge on any atom is 0.257 e. The molecule has 3 rings (SSSR count). The molecule has 1 aliphatic rings. The zero-order valence-corrected chi connectivity index (χ0v) is 14.8. The van der Waals surface area contributed by atoms with Crippen molar-refractivity contribution in [1.29, 1.82) is 0 Å². The van der Waals surface area contributed by atoms with Crippen molar-refractivity contribution in [2.24, 2.45) is 0 Å². The van der Waals surface area contributed by atoms with Gasteiger partial charge < -0.3 is 10.1 Å². The van der Waals surface area contributed by atoms with Crippen molar-refractivity contribution in [3.8, 4) is 0 Å². The number of halogens is 1. The second kappa shape index (κ2) is 7.49. The molecule has 0 spiro atoms. The van der Waals surface area contributed by atoms with Gasteiger partial charge in [-0.3, -0.25) is 9.78 Å². The van der Waals surface area contributed by atoms with Gasteiger partial charge in [0.2, 0.25) is 10.0 Å². The molecule has 0 radical (unpaired) electrons. The molecule has 1 saturated heterocycles. The van der Waals surface area contributed by atoms with Crippen LogP contribution in [0.1, 0.15) is 10.4 Å². The van der Waals surface area contributed by atoms with E-state index in [0.717, 1.165) is 0 Å². The number of hydrogen-bond donors (Lipinski definition) is 1. The molecular formula is C16H16ClN3O4S. The van der Waals surface area contributed by atoms with Crippen molar-refractivity contribution >= 4 is 33.2 Å². The average Bonchev–Trinajstić information content (AvgIpc) is 2.64. The molecule has 0 saturated carbocycles. The molecule has 1 aliphatic heterocycles. The van der Waals surface area contributed by atoms with Gasteiger partial charge in [-0.1, -0.05) is 11.6 Å². The number of sulfonamides is 1. The molecule has 2 heterocycles. The summed E-state index contributed by atoms with van der Waals surface area (Å²) in [4.78, 5) is 16.2. The van der Waals surface area contributed by atoms with Crippen LogP contribution in [-0.2, 0) is 14.8 Å². The Morgan fingerprint density at radius 2 is 2.00 bits per heavy atom. The molecular weight excluding hydrogens is 366 g/mol. The van der Waals surface area contributed by atoms with E-state index in [4.69, 9.17) is 16.3 Å². The highest BCUT2D eigenvalue weighted by atomic mass is 35.5. The Morgan fingerprint density at radius 3 is 2.68 bits per heavy atom. The normalized spacial score (nSPS) is 15.7. The lowest BCUT2D eigenvalue weighted by Crippen LogP contribution is -2.40. The van der Waals surface area contributed by atoms with Crippen molar-refractivity contribution in [3.63, 3.8) is 0 Å². The molecule has 1 fully saturated rings. The number of anilines is 1. The SMILES string of the molecule is O=C(Nc1cc(S(=O)(=O)N2CCOCC2)ccc1Cl)c1cccnc1. The quantitative estimate of drug-likeness (QED) is 0.875. The average molecular weight is 382 g/mol. The third-order valence-corrected chi connectivity index (χ3v) is 5.94. The summed E-state index contributed by atoms with van der Waals surface area (Å²) in [7, 11) is -3.67. The van der Waals surface area contributed by atoms with Crippen LogP contribution in [0.2, 0.25) is 5.02 Å². The summed E-state index contributed by atoms with van der Waals surface area (Å²) in [5.41, 5.74) is 0.574. The second-order valence-corrected chi connectivity index (χ2v) is 7.70. The Kier molecular flexibility index (Phi) is 5.33. The smallest absolute Gasteiger partial charge is 0.257 e. The fourth-order valence-electron chi connectivity index (χ4n) is 2.39. The summed E-state index contributed by atoms with van der Waals surface area (Å²) in [6.07, 6.45) is 2.97. The van der Waals surface area contributed by atoms with Crippen LogP contribution in [0.25, 0.3) is 0 Å². The van der Waals surface area contributed by atoms with Gasteiger partial charge in [-0.25, -0.2) is 8.42 Å². The van der Waals surface area contributed by atoms with E-state index < -0.39 is 15.9 Å². The number of amides is 1. The van der Waals surface area contributed by atoms with Crippen LogP contribution in [0.5, 0.6) is 0 Å². The first-order chi connectivity index (χ1) is 12.0. The molecule has 1 amide bonds. The Hall–Kier alpha value is -2.00. The van der Waals surface area contributed by atoms with Gasteiger partial charge in [-0.15, -0.1) is 0 Å². The lowest BCUT2D eigenvalue weighted by Gasteiger charge is -2.26. The standard InChI is InChI=1S/C16H16ClN3O4S/c17-14-4-3-13(25(22,23)20-6-8-24-9-7-20)10-15(14)19-16(21)12-2-1-5-18-11-12/h1-5,10-11H,6-9H2,(H,19,21). The van der Waals surface area contributed by atoms with Crippen molar-refractivity contribution in [1.82, 2.24) is 9.29 Å². The van der Waals surface area contributed by atoms with Gasteiger partial charge in [0.05, 0.1) is 34.4 Å². The highest BCUT2D eigenvalue weighted by Gasteiger charge is 2.27. The molecule has 0 bridgehead atoms. The number of rotatable bonds is 4. The zero-order valence-electron chi connectivity index (χ0n) is 13.2. The van der Waals surface area contributed by atoms with Crippen LogP contribution in [0, 0.1) is 0 Å². The first kappa shape index (κ1) is 17.8. The minimum atomic E-state index is -3.67. The van der Waals surface area contributed by atoms with E-state index in [2.05, 4.69) is 10.3 Å². The fourth-order valence-corrected chi connectivity index (χ4v) is 3.99. The number of nitrogens with one attached hydrogen (secondary N) is 1. The lowest BCUT2D eigenvalue weighted by molar-refractivity contribution is 0.0730. The van der Waals surface area contributed by atoms with Gasteiger partial charge in [0, 0.05) is 25.5 Å². The van der Waals surface area contributed by atoms with Gasteiger partial charge in [-0.2, -0.15) is 4.31 Å². The van der Waals surface area contributed by atoms with Crippen molar-refractivity contribution in [2.45, 2.75) is 4.90 Å². The number of nitrogens with zero attached hydrogens (tertiary/aromatic N) is 2. The summed E-state index contributed by atoms with van der Waals surface area (Å²) < 4.78 is 32.0. The maximum absolute atomic E-state index is 12.7. The highest BCUT2D eigenvalue weighted by Crippen LogP contribution is 2.27. The van der Waals surface area contributed by atoms with E-state index >= 15 is 0 Å². The molecule has 1 aromatic carbocycles. The van der Waals surface area contributed by atoms with E-state index in [1.54, 1.807) is 18.3 Å². The van der Waals surface area contributed by atoms with Crippen LogP contribution < -0.4 is 5.32 Å². The number of hydrogen-bond acceptors (Lipinski definition) is 5. The predicted molar refractivity (Wildman–Crippen MR) is 93.2 cm³/mol. The minimum Gasteiger partial charge on any atom is -0.379 e. The predicted octanol–water partition coefficient (Wildman–Crippen LogP) is 2.01. The van der Waals surface area contributed by atoms with Gasteiger partial charge in [0.1, 0.15) is 0 Å². The summed E-state index contributed by atoms with van der Waals surface area (Å²) in [5, 5.41) is 2.87. The summed E-state index contributed by atoms with van der Waals surface area (Å²) in [5.74, 6) is -0.420. The number of pyridine rings is 1. The van der Waals surface area contributed by atoms with E-state index in [9.17, 15) is 13.2 Å². The van der Waals surface area contributed by atoms with Gasteiger partial charge in [-0.05, 0) is 30.3 Å². The van der Waals surface area contributed by atoms with Crippen LogP contribution in [0.3, 0.4) is 0 Å². The van der Waals surface area contributed by atoms with Crippen molar-refractivity contribution < 1.29 is 17.9 Å². The molecule has 25 heavy (non-hydrogen) atoms. The van der Waals surface area contributed by atoms with E-state index in [0.29, 0.717) is 31.9 Å². The molecule has 132 valence electrons. The zero-order chi connectivity index (χ0) is 17.9. The molecule has 0 atom stereocenters. The van der Waals surface area contributed by atoms with Crippen molar-refractivity contribution in [2.75, 3.05) is 31.6 Å². The number of carbonyl (C=O) groups excluding carboxylic acids is 1. The van der Waals surface area contributed by atoms with Gasteiger partial charge in [0.15, 0.2) is 0 Å². The van der Waals surface area contributed by atoms with E-state index in [1.165, 1.54) is 28.7 Å². The molecule has 2 aromatic rings. The number of morpholine rings is 1. The van der Waals surface area contributed by atoms with Gasteiger partial charge >= 0.3 is 0 Å². The molecule has 1 N–H and O–H groups in total. The topological polar surface area (TPSA) is 88.6 Å². The van der Waals surface area contributed by atoms with E-state index in [1.807, 2.05) is 0 Å². The third-order valence-electron chi connectivity index (χ3n) is 3.72.